The van der Waals surface area contributed by atoms with E-state index in [4.69, 9.17) is 26.2 Å². The van der Waals surface area contributed by atoms with Crippen LogP contribution in [0.2, 0.25) is 5.02 Å². The Morgan fingerprint density at radius 3 is 2.67 bits per heavy atom. The highest BCUT2D eigenvalue weighted by atomic mass is 35.5. The molecule has 3 rings (SSSR count). The highest BCUT2D eigenvalue weighted by molar-refractivity contribution is 6.30. The second kappa shape index (κ2) is 12.4. The molecular formula is C24H29ClN2O6. The zero-order chi connectivity index (χ0) is 23.6. The van der Waals surface area contributed by atoms with Crippen molar-refractivity contribution in [1.82, 2.24) is 10.2 Å². The lowest BCUT2D eigenvalue weighted by Gasteiger charge is -2.33. The predicted octanol–water partition coefficient (Wildman–Crippen LogP) is 2.69. The minimum absolute atomic E-state index is 0.0195. The molecule has 8 nitrogen and oxygen atoms in total. The number of nitrogens with zero attached hydrogens (tertiary/aromatic N) is 1. The van der Waals surface area contributed by atoms with Gasteiger partial charge in [0.15, 0.2) is 0 Å². The molecule has 1 amide bonds. The molecule has 1 saturated heterocycles. The van der Waals surface area contributed by atoms with E-state index in [2.05, 4.69) is 10.2 Å². The molecular weight excluding hydrogens is 448 g/mol. The number of halogens is 1. The Morgan fingerprint density at radius 1 is 1.15 bits per heavy atom. The maximum Gasteiger partial charge on any atom is 0.322 e. The average molecular weight is 477 g/mol. The normalized spacial score (nSPS) is 17.2. The molecule has 2 unspecified atom stereocenters. The van der Waals surface area contributed by atoms with E-state index >= 15 is 0 Å². The third-order valence-electron chi connectivity index (χ3n) is 5.33. The lowest BCUT2D eigenvalue weighted by molar-refractivity contribution is -0.135. The fourth-order valence-corrected chi connectivity index (χ4v) is 3.89. The smallest absolute Gasteiger partial charge is 0.322 e. The minimum atomic E-state index is -1.13. The van der Waals surface area contributed by atoms with Crippen LogP contribution in [0, 0.1) is 5.92 Å². The third kappa shape index (κ3) is 8.24. The Morgan fingerprint density at radius 2 is 1.91 bits per heavy atom. The fraction of sp³-hybridized carbons (Fsp3) is 0.417. The lowest BCUT2D eigenvalue weighted by atomic mass is 9.98. The number of aliphatic hydroxyl groups is 1. The number of nitrogens with one attached hydrogen (secondary N) is 1. The number of carbonyl (C=O) groups excluding carboxylic acids is 1. The second-order valence-electron chi connectivity index (χ2n) is 8.07. The van der Waals surface area contributed by atoms with E-state index in [9.17, 15) is 14.7 Å². The monoisotopic (exact) mass is 476 g/mol. The Kier molecular flexibility index (Phi) is 9.35. The summed E-state index contributed by atoms with van der Waals surface area (Å²) in [5.41, 5.74) is 0.225. The van der Waals surface area contributed by atoms with E-state index in [-0.39, 0.29) is 12.2 Å². The van der Waals surface area contributed by atoms with E-state index in [1.54, 1.807) is 36.4 Å². The Labute approximate surface area is 198 Å². The first kappa shape index (κ1) is 24.8. The second-order valence-corrected chi connectivity index (χ2v) is 8.51. The zero-order valence-corrected chi connectivity index (χ0v) is 19.0. The first-order chi connectivity index (χ1) is 15.9. The van der Waals surface area contributed by atoms with Crippen molar-refractivity contribution in [3.05, 3.63) is 59.1 Å². The standard InChI is InChI=1S/C24H29ClN2O6/c25-18-7-9-20(10-8-18)32-15-17-4-3-11-27(13-17)14-19(28)16-33-22-6-2-1-5-21(22)24(31)26-12-23(29)30/h1-2,5-10,17,19,28H,3-4,11-16H2,(H,26,31)(H,29,30). The number of benzene rings is 2. The SMILES string of the molecule is O=C(O)CNC(=O)c1ccccc1OCC(O)CN1CCCC(COc2ccc(Cl)cc2)C1. The first-order valence-electron chi connectivity index (χ1n) is 10.9. The molecule has 2 atom stereocenters. The number of carboxylic acids is 1. The van der Waals surface area contributed by atoms with Gasteiger partial charge in [-0.25, -0.2) is 0 Å². The molecule has 0 aliphatic carbocycles. The molecule has 3 N–H and O–H groups in total. The van der Waals surface area contributed by atoms with Crippen LogP contribution < -0.4 is 14.8 Å². The van der Waals surface area contributed by atoms with Gasteiger partial charge in [0.05, 0.1) is 12.2 Å². The third-order valence-corrected chi connectivity index (χ3v) is 5.59. The maximum atomic E-state index is 12.2. The number of carboxylic acid groups (broad SMARTS) is 1. The van der Waals surface area contributed by atoms with Gasteiger partial charge in [-0.15, -0.1) is 0 Å². The number of aliphatic hydroxyl groups excluding tert-OH is 1. The number of hydrogen-bond acceptors (Lipinski definition) is 6. The lowest BCUT2D eigenvalue weighted by Crippen LogP contribution is -2.43. The van der Waals surface area contributed by atoms with Gasteiger partial charge in [-0.1, -0.05) is 23.7 Å². The van der Waals surface area contributed by atoms with Crippen LogP contribution in [-0.2, 0) is 4.79 Å². The summed E-state index contributed by atoms with van der Waals surface area (Å²) in [5.74, 6) is -0.220. The van der Waals surface area contributed by atoms with Crippen molar-refractivity contribution in [1.29, 1.82) is 0 Å². The van der Waals surface area contributed by atoms with Crippen LogP contribution in [-0.4, -0.2) is 72.5 Å². The van der Waals surface area contributed by atoms with E-state index in [0.29, 0.717) is 29.8 Å². The van der Waals surface area contributed by atoms with Gasteiger partial charge in [-0.2, -0.15) is 0 Å². The van der Waals surface area contributed by atoms with E-state index < -0.39 is 24.5 Å². The number of β-amino-alcohol motifs (C(OH)–C–C–N with tert-alkyl or cyclic N) is 1. The van der Waals surface area contributed by atoms with Crippen LogP contribution in [0.3, 0.4) is 0 Å². The molecule has 1 heterocycles. The van der Waals surface area contributed by atoms with Crippen molar-refractivity contribution >= 4 is 23.5 Å². The molecule has 0 saturated carbocycles. The molecule has 2 aromatic rings. The highest BCUT2D eigenvalue weighted by Gasteiger charge is 2.23. The zero-order valence-electron chi connectivity index (χ0n) is 18.3. The first-order valence-corrected chi connectivity index (χ1v) is 11.3. The van der Waals surface area contributed by atoms with Crippen LogP contribution in [0.5, 0.6) is 11.5 Å². The van der Waals surface area contributed by atoms with Crippen LogP contribution in [0.25, 0.3) is 0 Å². The summed E-state index contributed by atoms with van der Waals surface area (Å²) in [6, 6.07) is 13.9. The molecule has 1 aliphatic heterocycles. The van der Waals surface area contributed by atoms with Gasteiger partial charge in [0.2, 0.25) is 0 Å². The van der Waals surface area contributed by atoms with E-state index in [0.717, 1.165) is 31.7 Å². The van der Waals surface area contributed by atoms with Gasteiger partial charge >= 0.3 is 5.97 Å². The number of rotatable bonds is 11. The summed E-state index contributed by atoms with van der Waals surface area (Å²) < 4.78 is 11.6. The Bertz CT molecular complexity index is 923. The summed E-state index contributed by atoms with van der Waals surface area (Å²) in [6.07, 6.45) is 1.35. The number of ether oxygens (including phenoxy) is 2. The molecule has 2 aromatic carbocycles. The predicted molar refractivity (Wildman–Crippen MR) is 124 cm³/mol. The summed E-state index contributed by atoms with van der Waals surface area (Å²) in [7, 11) is 0. The van der Waals surface area contributed by atoms with Gasteiger partial charge in [0.1, 0.15) is 30.8 Å². The molecule has 1 fully saturated rings. The maximum absolute atomic E-state index is 12.2. The van der Waals surface area contributed by atoms with Gasteiger partial charge in [0.25, 0.3) is 5.91 Å². The number of aliphatic carboxylic acids is 1. The summed E-state index contributed by atoms with van der Waals surface area (Å²) in [5, 5.41) is 22.2. The molecule has 0 spiro atoms. The van der Waals surface area contributed by atoms with Gasteiger partial charge < -0.3 is 29.9 Å². The average Bonchev–Trinajstić information content (AvgIpc) is 2.81. The van der Waals surface area contributed by atoms with Crippen molar-refractivity contribution in [2.75, 3.05) is 39.4 Å². The number of amides is 1. The number of hydrogen-bond donors (Lipinski definition) is 3. The molecule has 0 bridgehead atoms. The van der Waals surface area contributed by atoms with Crippen molar-refractivity contribution < 1.29 is 29.3 Å². The topological polar surface area (TPSA) is 108 Å². The van der Waals surface area contributed by atoms with Crippen LogP contribution in [0.1, 0.15) is 23.2 Å². The number of para-hydroxylation sites is 1. The van der Waals surface area contributed by atoms with Crippen molar-refractivity contribution in [2.45, 2.75) is 18.9 Å². The van der Waals surface area contributed by atoms with Gasteiger partial charge in [-0.3, -0.25) is 9.59 Å². The van der Waals surface area contributed by atoms with Gasteiger partial charge in [0, 0.05) is 24.0 Å². The number of likely N-dealkylation sites (tertiary alicyclic amines) is 1. The molecule has 1 aliphatic rings. The Balaban J connectivity index is 1.45. The van der Waals surface area contributed by atoms with Crippen molar-refractivity contribution in [2.24, 2.45) is 5.92 Å². The number of piperidine rings is 1. The van der Waals surface area contributed by atoms with Crippen LogP contribution in [0.15, 0.2) is 48.5 Å². The van der Waals surface area contributed by atoms with Crippen LogP contribution in [0.4, 0.5) is 0 Å². The fourth-order valence-electron chi connectivity index (χ4n) is 3.77. The molecule has 178 valence electrons. The number of carbonyl (C=O) groups is 2. The quantitative estimate of drug-likeness (QED) is 0.457. The largest absolute Gasteiger partial charge is 0.493 e. The van der Waals surface area contributed by atoms with Crippen LogP contribution >= 0.6 is 11.6 Å². The van der Waals surface area contributed by atoms with Crippen molar-refractivity contribution in [3.63, 3.8) is 0 Å². The van der Waals surface area contributed by atoms with Crippen molar-refractivity contribution in [3.8, 4) is 11.5 Å². The molecule has 0 aromatic heterocycles. The minimum Gasteiger partial charge on any atom is -0.493 e. The van der Waals surface area contributed by atoms with Gasteiger partial charge in [-0.05, 0) is 55.8 Å². The Hall–Kier alpha value is -2.81. The summed E-state index contributed by atoms with van der Waals surface area (Å²) in [4.78, 5) is 25.1. The summed E-state index contributed by atoms with van der Waals surface area (Å²) >= 11 is 5.91. The molecule has 33 heavy (non-hydrogen) atoms. The van der Waals surface area contributed by atoms with E-state index in [1.807, 2.05) is 12.1 Å². The van der Waals surface area contributed by atoms with E-state index in [1.165, 1.54) is 0 Å². The molecule has 9 heteroatoms. The highest BCUT2D eigenvalue weighted by Crippen LogP contribution is 2.21. The molecule has 0 radical (unpaired) electrons. The summed E-state index contributed by atoms with van der Waals surface area (Å²) in [6.45, 7) is 2.30.